The van der Waals surface area contributed by atoms with Crippen LogP contribution in [-0.4, -0.2) is 49.3 Å². The molecule has 0 saturated carbocycles. The van der Waals surface area contributed by atoms with Gasteiger partial charge in [0.1, 0.15) is 5.82 Å². The topological polar surface area (TPSA) is 93.2 Å². The normalized spacial score (nSPS) is 17.2. The molecule has 3 rings (SSSR count). The molecule has 0 aliphatic carbocycles. The zero-order valence-corrected chi connectivity index (χ0v) is 13.8. The number of fused-ring (bicyclic) bond motifs is 1. The van der Waals surface area contributed by atoms with Crippen LogP contribution in [0.4, 0.5) is 19.0 Å². The van der Waals surface area contributed by atoms with Crippen LogP contribution in [0, 0.1) is 6.92 Å². The smallest absolute Gasteiger partial charge is 0.410 e. The lowest BCUT2D eigenvalue weighted by atomic mass is 10.1. The summed E-state index contributed by atoms with van der Waals surface area (Å²) in [5.74, 6) is -1.48. The van der Waals surface area contributed by atoms with Crippen LogP contribution in [0.1, 0.15) is 35.1 Å². The van der Waals surface area contributed by atoms with E-state index in [1.807, 2.05) is 0 Å². The molecule has 1 aliphatic rings. The van der Waals surface area contributed by atoms with Gasteiger partial charge in [0.2, 0.25) is 0 Å². The molecule has 0 saturated heterocycles. The van der Waals surface area contributed by atoms with Gasteiger partial charge in [-0.05, 0) is 19.4 Å². The first-order valence-corrected chi connectivity index (χ1v) is 7.87. The van der Waals surface area contributed by atoms with Crippen LogP contribution in [0.5, 0.6) is 0 Å². The summed E-state index contributed by atoms with van der Waals surface area (Å²) in [7, 11) is 0. The van der Waals surface area contributed by atoms with Crippen molar-refractivity contribution in [3.63, 3.8) is 0 Å². The zero-order chi connectivity index (χ0) is 19.1. The molecule has 0 aromatic carbocycles. The summed E-state index contributed by atoms with van der Waals surface area (Å²) in [5.41, 5.74) is 0.409. The molecule has 0 bridgehead atoms. The maximum atomic E-state index is 13.2. The van der Waals surface area contributed by atoms with E-state index in [1.165, 1.54) is 27.9 Å². The predicted molar refractivity (Wildman–Crippen MR) is 82.8 cm³/mol. The fourth-order valence-electron chi connectivity index (χ4n) is 2.88. The maximum absolute atomic E-state index is 13.2. The van der Waals surface area contributed by atoms with Gasteiger partial charge in [0.05, 0.1) is 18.7 Å². The number of aromatic nitrogens is 4. The van der Waals surface area contributed by atoms with Crippen molar-refractivity contribution in [3.05, 3.63) is 29.7 Å². The van der Waals surface area contributed by atoms with Crippen molar-refractivity contribution in [1.82, 2.24) is 19.6 Å². The Labute approximate surface area is 145 Å². The van der Waals surface area contributed by atoms with Crippen LogP contribution in [0.2, 0.25) is 0 Å². The van der Waals surface area contributed by atoms with Crippen LogP contribution >= 0.6 is 0 Å². The highest BCUT2D eigenvalue weighted by atomic mass is 19.4. The molecular formula is C15H16F3N5O3. The van der Waals surface area contributed by atoms with Crippen LogP contribution in [0.25, 0.3) is 0 Å². The number of amides is 1. The number of alkyl halides is 3. The van der Waals surface area contributed by atoms with E-state index >= 15 is 0 Å². The number of carbonyl (C=O) groups is 2. The second-order valence-electron chi connectivity index (χ2n) is 6.00. The molecule has 0 radical (unpaired) electrons. The number of carbonyl (C=O) groups excluding carboxylic acids is 1. The minimum atomic E-state index is -4.46. The molecule has 1 unspecified atom stereocenters. The van der Waals surface area contributed by atoms with E-state index in [0.717, 1.165) is 4.68 Å². The van der Waals surface area contributed by atoms with Gasteiger partial charge in [0.15, 0.2) is 11.7 Å². The molecule has 8 nitrogen and oxygen atoms in total. The minimum Gasteiger partial charge on any atom is -0.481 e. The minimum absolute atomic E-state index is 0.0336. The Morgan fingerprint density at radius 3 is 2.73 bits per heavy atom. The Kier molecular flexibility index (Phi) is 4.46. The first kappa shape index (κ1) is 18.0. The first-order valence-electron chi connectivity index (χ1n) is 7.87. The highest BCUT2D eigenvalue weighted by Crippen LogP contribution is 2.39. The summed E-state index contributed by atoms with van der Waals surface area (Å²) in [6.07, 6.45) is -3.46. The Morgan fingerprint density at radius 2 is 2.08 bits per heavy atom. The van der Waals surface area contributed by atoms with E-state index in [9.17, 15) is 22.8 Å². The van der Waals surface area contributed by atoms with E-state index in [1.54, 1.807) is 6.92 Å². The molecule has 11 heteroatoms. The molecule has 1 amide bonds. The standard InChI is InChI=1S/C15H16F3N5O3/c1-9-8-12-22(7-3-11(15(16,17)18)23(12)19-9)14(26)10-2-5-21(20-10)6-4-13(24)25/h2,5,8,11H,3-4,6-7H2,1H3,(H,24,25). The molecule has 0 spiro atoms. The molecule has 3 heterocycles. The van der Waals surface area contributed by atoms with Gasteiger partial charge in [-0.25, -0.2) is 4.68 Å². The number of halogens is 3. The Hall–Kier alpha value is -2.85. The number of carboxylic acids is 1. The van der Waals surface area contributed by atoms with Crippen LogP contribution in [0.15, 0.2) is 18.3 Å². The summed E-state index contributed by atoms with van der Waals surface area (Å²) in [6.45, 7) is 1.54. The fourth-order valence-corrected chi connectivity index (χ4v) is 2.88. The molecule has 0 fully saturated rings. The van der Waals surface area contributed by atoms with Gasteiger partial charge in [0.25, 0.3) is 5.91 Å². The molecule has 1 atom stereocenters. The van der Waals surface area contributed by atoms with Crippen molar-refractivity contribution in [1.29, 1.82) is 0 Å². The second kappa shape index (κ2) is 6.46. The number of carboxylic acid groups (broad SMARTS) is 1. The summed E-state index contributed by atoms with van der Waals surface area (Å²) in [5, 5.41) is 16.6. The average molecular weight is 371 g/mol. The second-order valence-corrected chi connectivity index (χ2v) is 6.00. The predicted octanol–water partition coefficient (Wildman–Crippen LogP) is 2.02. The van der Waals surface area contributed by atoms with E-state index in [0.29, 0.717) is 5.69 Å². The summed E-state index contributed by atoms with van der Waals surface area (Å²) >= 11 is 0. The van der Waals surface area contributed by atoms with Gasteiger partial charge < -0.3 is 5.11 Å². The maximum Gasteiger partial charge on any atom is 0.410 e. The molecular weight excluding hydrogens is 355 g/mol. The van der Waals surface area contributed by atoms with Crippen molar-refractivity contribution in [3.8, 4) is 0 Å². The number of nitrogens with zero attached hydrogens (tertiary/aromatic N) is 5. The third-order valence-electron chi connectivity index (χ3n) is 4.07. The van der Waals surface area contributed by atoms with Gasteiger partial charge in [-0.2, -0.15) is 23.4 Å². The quantitative estimate of drug-likeness (QED) is 0.888. The van der Waals surface area contributed by atoms with Crippen LogP contribution in [0.3, 0.4) is 0 Å². The van der Waals surface area contributed by atoms with E-state index < -0.39 is 24.1 Å². The zero-order valence-electron chi connectivity index (χ0n) is 13.8. The molecule has 140 valence electrons. The molecule has 1 N–H and O–H groups in total. The Bertz CT molecular complexity index is 842. The molecule has 26 heavy (non-hydrogen) atoms. The fraction of sp³-hybridized carbons (Fsp3) is 0.467. The third kappa shape index (κ3) is 3.41. The average Bonchev–Trinajstić information content (AvgIpc) is 3.15. The number of hydrogen-bond acceptors (Lipinski definition) is 4. The van der Waals surface area contributed by atoms with Crippen molar-refractivity contribution in [2.45, 2.75) is 38.5 Å². The lowest BCUT2D eigenvalue weighted by Crippen LogP contribution is -2.43. The molecule has 1 aliphatic heterocycles. The van der Waals surface area contributed by atoms with Gasteiger partial charge in [0, 0.05) is 18.8 Å². The number of aliphatic carboxylic acids is 1. The lowest BCUT2D eigenvalue weighted by Gasteiger charge is -2.33. The largest absolute Gasteiger partial charge is 0.481 e. The van der Waals surface area contributed by atoms with Gasteiger partial charge >= 0.3 is 12.1 Å². The summed E-state index contributed by atoms with van der Waals surface area (Å²) in [4.78, 5) is 24.5. The van der Waals surface area contributed by atoms with Crippen molar-refractivity contribution in [2.75, 3.05) is 11.4 Å². The lowest BCUT2D eigenvalue weighted by molar-refractivity contribution is -0.172. The van der Waals surface area contributed by atoms with Crippen molar-refractivity contribution in [2.24, 2.45) is 0 Å². The molecule has 2 aromatic rings. The Morgan fingerprint density at radius 1 is 1.35 bits per heavy atom. The summed E-state index contributed by atoms with van der Waals surface area (Å²) < 4.78 is 41.8. The van der Waals surface area contributed by atoms with Crippen LogP contribution in [-0.2, 0) is 11.3 Å². The number of rotatable bonds is 4. The van der Waals surface area contributed by atoms with Gasteiger partial charge in [-0.15, -0.1) is 0 Å². The van der Waals surface area contributed by atoms with E-state index in [2.05, 4.69) is 10.2 Å². The van der Waals surface area contributed by atoms with Gasteiger partial charge in [-0.3, -0.25) is 19.2 Å². The highest BCUT2D eigenvalue weighted by Gasteiger charge is 2.46. The van der Waals surface area contributed by atoms with E-state index in [4.69, 9.17) is 5.11 Å². The monoisotopic (exact) mass is 371 g/mol. The Balaban J connectivity index is 1.85. The van der Waals surface area contributed by atoms with Crippen molar-refractivity contribution < 1.29 is 27.9 Å². The number of hydrogen-bond donors (Lipinski definition) is 1. The van der Waals surface area contributed by atoms with Crippen LogP contribution < -0.4 is 4.90 Å². The van der Waals surface area contributed by atoms with Crippen molar-refractivity contribution >= 4 is 17.7 Å². The molecule has 2 aromatic heterocycles. The highest BCUT2D eigenvalue weighted by molar-refractivity contribution is 6.04. The third-order valence-corrected chi connectivity index (χ3v) is 4.07. The number of aryl methyl sites for hydroxylation is 2. The number of anilines is 1. The van der Waals surface area contributed by atoms with E-state index in [-0.39, 0.29) is 37.4 Å². The SMILES string of the molecule is Cc1cc2n(n1)C(C(F)(F)F)CCN2C(=O)c1ccn(CCC(=O)O)n1. The summed E-state index contributed by atoms with van der Waals surface area (Å²) in [6, 6.07) is 1.06. The first-order chi connectivity index (χ1) is 12.2. The van der Waals surface area contributed by atoms with Gasteiger partial charge in [-0.1, -0.05) is 0 Å².